The molecule has 1 saturated carbocycles. The summed E-state index contributed by atoms with van der Waals surface area (Å²) in [4.78, 5) is 0. The molecule has 2 unspecified atom stereocenters. The fourth-order valence-electron chi connectivity index (χ4n) is 1.70. The predicted molar refractivity (Wildman–Crippen MR) is 39.2 cm³/mol. The Morgan fingerprint density at radius 3 is 2.33 bits per heavy atom. The van der Waals surface area contributed by atoms with E-state index in [0.29, 0.717) is 25.9 Å². The van der Waals surface area contributed by atoms with Crippen LogP contribution in [0.2, 0.25) is 0 Å². The van der Waals surface area contributed by atoms with Crippen LogP contribution in [0.1, 0.15) is 25.7 Å². The van der Waals surface area contributed by atoms with E-state index in [0.717, 1.165) is 6.42 Å². The molecule has 1 saturated heterocycles. The van der Waals surface area contributed by atoms with Gasteiger partial charge in [-0.05, 0) is 19.3 Å². The standard InChI is InChI=1S/C8H13FO3/c9-8(11,6-2-5-12-6)7(10)3-1-4-7/h6,10-11H,1-5H2. The molecule has 3 nitrogen and oxygen atoms in total. The lowest BCUT2D eigenvalue weighted by atomic mass is 9.72. The van der Waals surface area contributed by atoms with Crippen LogP contribution in [0.4, 0.5) is 4.39 Å². The first-order valence-electron chi connectivity index (χ1n) is 4.31. The second-order valence-corrected chi connectivity index (χ2v) is 3.71. The van der Waals surface area contributed by atoms with Gasteiger partial charge in [0.15, 0.2) is 0 Å². The van der Waals surface area contributed by atoms with Crippen molar-refractivity contribution in [3.05, 3.63) is 0 Å². The third-order valence-electron chi connectivity index (χ3n) is 2.96. The van der Waals surface area contributed by atoms with E-state index < -0.39 is 17.6 Å². The molecule has 2 N–H and O–H groups in total. The number of hydrogen-bond acceptors (Lipinski definition) is 3. The van der Waals surface area contributed by atoms with E-state index in [1.807, 2.05) is 0 Å². The number of halogens is 1. The number of alkyl halides is 1. The summed E-state index contributed by atoms with van der Waals surface area (Å²) < 4.78 is 18.4. The first kappa shape index (κ1) is 8.41. The minimum absolute atomic E-state index is 0.333. The van der Waals surface area contributed by atoms with Crippen LogP contribution in [0.5, 0.6) is 0 Å². The molecular weight excluding hydrogens is 163 g/mol. The molecule has 0 aromatic carbocycles. The minimum Gasteiger partial charge on any atom is -0.384 e. The van der Waals surface area contributed by atoms with E-state index in [1.165, 1.54) is 0 Å². The molecule has 0 bridgehead atoms. The smallest absolute Gasteiger partial charge is 0.262 e. The molecule has 1 aliphatic heterocycles. The first-order valence-corrected chi connectivity index (χ1v) is 4.31. The highest BCUT2D eigenvalue weighted by atomic mass is 19.2. The summed E-state index contributed by atoms with van der Waals surface area (Å²) in [6, 6.07) is 0. The normalized spacial score (nSPS) is 37.8. The van der Waals surface area contributed by atoms with Crippen molar-refractivity contribution in [2.75, 3.05) is 6.61 Å². The summed E-state index contributed by atoms with van der Waals surface area (Å²) in [5.41, 5.74) is -1.54. The van der Waals surface area contributed by atoms with Crippen LogP contribution in [0.3, 0.4) is 0 Å². The molecule has 4 heteroatoms. The zero-order valence-electron chi connectivity index (χ0n) is 6.79. The van der Waals surface area contributed by atoms with Crippen LogP contribution >= 0.6 is 0 Å². The Morgan fingerprint density at radius 1 is 1.50 bits per heavy atom. The van der Waals surface area contributed by atoms with E-state index >= 15 is 0 Å². The van der Waals surface area contributed by atoms with Gasteiger partial charge in [0.25, 0.3) is 5.85 Å². The van der Waals surface area contributed by atoms with Gasteiger partial charge in [-0.1, -0.05) is 0 Å². The molecule has 2 fully saturated rings. The minimum atomic E-state index is -2.54. The Balaban J connectivity index is 2.07. The molecular formula is C8H13FO3. The van der Waals surface area contributed by atoms with Gasteiger partial charge in [-0.2, -0.15) is 0 Å². The third kappa shape index (κ3) is 0.917. The van der Waals surface area contributed by atoms with Crippen LogP contribution in [-0.4, -0.2) is 34.4 Å². The fourth-order valence-corrected chi connectivity index (χ4v) is 1.70. The van der Waals surface area contributed by atoms with E-state index in [9.17, 15) is 14.6 Å². The largest absolute Gasteiger partial charge is 0.384 e. The highest BCUT2D eigenvalue weighted by Gasteiger charge is 2.60. The molecule has 2 aliphatic rings. The van der Waals surface area contributed by atoms with E-state index in [2.05, 4.69) is 0 Å². The lowest BCUT2D eigenvalue weighted by molar-refractivity contribution is -0.327. The lowest BCUT2D eigenvalue weighted by Gasteiger charge is -2.49. The number of aliphatic hydroxyl groups is 2. The first-order chi connectivity index (χ1) is 5.56. The Hall–Kier alpha value is -0.190. The molecule has 70 valence electrons. The molecule has 0 radical (unpaired) electrons. The molecule has 0 aromatic heterocycles. The van der Waals surface area contributed by atoms with Crippen molar-refractivity contribution in [2.45, 2.75) is 43.2 Å². The Labute approximate surface area is 70.1 Å². The van der Waals surface area contributed by atoms with Crippen molar-refractivity contribution in [2.24, 2.45) is 0 Å². The second-order valence-electron chi connectivity index (χ2n) is 3.71. The molecule has 0 aromatic rings. The van der Waals surface area contributed by atoms with Gasteiger partial charge >= 0.3 is 0 Å². The van der Waals surface area contributed by atoms with E-state index in [-0.39, 0.29) is 0 Å². The summed E-state index contributed by atoms with van der Waals surface area (Å²) in [5, 5.41) is 18.9. The molecule has 0 amide bonds. The quantitative estimate of drug-likeness (QED) is 0.638. The summed E-state index contributed by atoms with van der Waals surface area (Å²) >= 11 is 0. The van der Waals surface area contributed by atoms with Crippen molar-refractivity contribution in [3.63, 3.8) is 0 Å². The maximum absolute atomic E-state index is 13.5. The molecule has 1 aliphatic carbocycles. The van der Waals surface area contributed by atoms with Crippen LogP contribution in [0.25, 0.3) is 0 Å². The van der Waals surface area contributed by atoms with Crippen LogP contribution in [0, 0.1) is 0 Å². The van der Waals surface area contributed by atoms with Crippen molar-refractivity contribution < 1.29 is 19.3 Å². The van der Waals surface area contributed by atoms with Gasteiger partial charge in [0.1, 0.15) is 11.7 Å². The Kier molecular flexibility index (Phi) is 1.68. The van der Waals surface area contributed by atoms with Crippen LogP contribution < -0.4 is 0 Å². The van der Waals surface area contributed by atoms with Gasteiger partial charge in [-0.25, -0.2) is 4.39 Å². The number of hydrogen-bond donors (Lipinski definition) is 2. The highest BCUT2D eigenvalue weighted by Crippen LogP contribution is 2.46. The zero-order valence-corrected chi connectivity index (χ0v) is 6.79. The molecule has 1 heterocycles. The van der Waals surface area contributed by atoms with Gasteiger partial charge in [0.2, 0.25) is 0 Å². The Morgan fingerprint density at radius 2 is 2.08 bits per heavy atom. The highest BCUT2D eigenvalue weighted by molar-refractivity contribution is 5.04. The number of rotatable bonds is 2. The third-order valence-corrected chi connectivity index (χ3v) is 2.96. The summed E-state index contributed by atoms with van der Waals surface area (Å²) in [6.07, 6.45) is 1.12. The van der Waals surface area contributed by atoms with Gasteiger partial charge in [-0.15, -0.1) is 0 Å². The van der Waals surface area contributed by atoms with Crippen molar-refractivity contribution in [1.29, 1.82) is 0 Å². The molecule has 0 spiro atoms. The van der Waals surface area contributed by atoms with Crippen molar-refractivity contribution >= 4 is 0 Å². The molecule has 12 heavy (non-hydrogen) atoms. The van der Waals surface area contributed by atoms with Gasteiger partial charge in [0, 0.05) is 13.0 Å². The Bertz CT molecular complexity index is 185. The van der Waals surface area contributed by atoms with Crippen LogP contribution in [-0.2, 0) is 4.74 Å². The zero-order chi connectivity index (χ0) is 8.82. The van der Waals surface area contributed by atoms with Crippen LogP contribution in [0.15, 0.2) is 0 Å². The van der Waals surface area contributed by atoms with Crippen molar-refractivity contribution in [3.8, 4) is 0 Å². The lowest BCUT2D eigenvalue weighted by Crippen LogP contribution is -2.64. The fraction of sp³-hybridized carbons (Fsp3) is 1.00. The van der Waals surface area contributed by atoms with Gasteiger partial charge < -0.3 is 14.9 Å². The predicted octanol–water partition coefficient (Wildman–Crippen LogP) is 0.348. The maximum atomic E-state index is 13.5. The molecule has 2 atom stereocenters. The molecule has 2 rings (SSSR count). The van der Waals surface area contributed by atoms with E-state index in [4.69, 9.17) is 4.74 Å². The van der Waals surface area contributed by atoms with Gasteiger partial charge in [0.05, 0.1) is 0 Å². The van der Waals surface area contributed by atoms with Gasteiger partial charge in [-0.3, -0.25) is 0 Å². The summed E-state index contributed by atoms with van der Waals surface area (Å²) in [6.45, 7) is 0.479. The second kappa shape index (κ2) is 2.40. The monoisotopic (exact) mass is 176 g/mol. The maximum Gasteiger partial charge on any atom is 0.262 e. The summed E-state index contributed by atoms with van der Waals surface area (Å²) in [7, 11) is 0. The van der Waals surface area contributed by atoms with Crippen molar-refractivity contribution in [1.82, 2.24) is 0 Å². The average Bonchev–Trinajstić information content (AvgIpc) is 1.76. The SMILES string of the molecule is OC1(C(O)(F)C2CCO2)CCC1. The van der Waals surface area contributed by atoms with E-state index in [1.54, 1.807) is 0 Å². The average molecular weight is 176 g/mol. The topological polar surface area (TPSA) is 49.7 Å². The summed E-state index contributed by atoms with van der Waals surface area (Å²) in [5.74, 6) is -2.54. The number of ether oxygens (including phenoxy) is 1.